The average Bonchev–Trinajstić information content (AvgIpc) is 2.53. The highest BCUT2D eigenvalue weighted by atomic mass is 32.2. The van der Waals surface area contributed by atoms with Crippen LogP contribution in [0.5, 0.6) is 0 Å². The highest BCUT2D eigenvalue weighted by Crippen LogP contribution is 2.32. The van der Waals surface area contributed by atoms with Crippen LogP contribution in [-0.2, 0) is 16.1 Å². The molecule has 2 aromatic rings. The number of esters is 1. The Bertz CT molecular complexity index is 731. The molecule has 4 nitrogen and oxygen atoms in total. The Morgan fingerprint density at radius 3 is 2.77 bits per heavy atom. The van der Waals surface area contributed by atoms with Gasteiger partial charge in [0.2, 0.25) is 5.91 Å². The molecule has 1 heterocycles. The Morgan fingerprint density at radius 1 is 1.23 bits per heavy atom. The summed E-state index contributed by atoms with van der Waals surface area (Å²) in [5, 5.41) is 2.73. The molecule has 1 amide bonds. The van der Waals surface area contributed by atoms with Gasteiger partial charge in [0.15, 0.2) is 0 Å². The van der Waals surface area contributed by atoms with Gasteiger partial charge in [-0.05, 0) is 35.9 Å². The SMILES string of the molecule is O=C1CSc2ccc(C(=O)OCc3ccc(F)cc3)cc2N1. The summed E-state index contributed by atoms with van der Waals surface area (Å²) in [5.41, 5.74) is 1.69. The first kappa shape index (κ1) is 14.6. The topological polar surface area (TPSA) is 55.4 Å². The van der Waals surface area contributed by atoms with Crippen LogP contribution < -0.4 is 5.32 Å². The monoisotopic (exact) mass is 317 g/mol. The van der Waals surface area contributed by atoms with Gasteiger partial charge in [-0.25, -0.2) is 9.18 Å². The molecule has 0 atom stereocenters. The number of thioether (sulfide) groups is 1. The summed E-state index contributed by atoms with van der Waals surface area (Å²) >= 11 is 1.43. The number of hydrogen-bond donors (Lipinski definition) is 1. The minimum Gasteiger partial charge on any atom is -0.457 e. The zero-order chi connectivity index (χ0) is 15.5. The highest BCUT2D eigenvalue weighted by Gasteiger charge is 2.17. The summed E-state index contributed by atoms with van der Waals surface area (Å²) in [6.07, 6.45) is 0. The Labute approximate surface area is 130 Å². The molecule has 1 aliphatic heterocycles. The van der Waals surface area contributed by atoms with Crippen LogP contribution in [-0.4, -0.2) is 17.6 Å². The maximum Gasteiger partial charge on any atom is 0.338 e. The zero-order valence-electron chi connectivity index (χ0n) is 11.5. The van der Waals surface area contributed by atoms with E-state index in [9.17, 15) is 14.0 Å². The molecule has 0 saturated carbocycles. The number of carbonyl (C=O) groups is 2. The lowest BCUT2D eigenvalue weighted by molar-refractivity contribution is -0.113. The second-order valence-corrected chi connectivity index (χ2v) is 5.77. The summed E-state index contributed by atoms with van der Waals surface area (Å²) in [5.74, 6) is -0.536. The van der Waals surface area contributed by atoms with Crippen LogP contribution in [0.1, 0.15) is 15.9 Å². The summed E-state index contributed by atoms with van der Waals surface area (Å²) in [6, 6.07) is 10.8. The first-order chi connectivity index (χ1) is 10.6. The van der Waals surface area contributed by atoms with Gasteiger partial charge < -0.3 is 10.1 Å². The van der Waals surface area contributed by atoms with Crippen molar-refractivity contribution in [3.8, 4) is 0 Å². The van der Waals surface area contributed by atoms with E-state index in [4.69, 9.17) is 4.74 Å². The molecule has 0 spiro atoms. The molecule has 22 heavy (non-hydrogen) atoms. The van der Waals surface area contributed by atoms with E-state index in [1.165, 1.54) is 23.9 Å². The number of rotatable bonds is 3. The van der Waals surface area contributed by atoms with E-state index < -0.39 is 5.97 Å². The summed E-state index contributed by atoms with van der Waals surface area (Å²) in [4.78, 5) is 24.3. The smallest absolute Gasteiger partial charge is 0.338 e. The third kappa shape index (κ3) is 3.28. The number of hydrogen-bond acceptors (Lipinski definition) is 4. The van der Waals surface area contributed by atoms with Gasteiger partial charge >= 0.3 is 5.97 Å². The third-order valence-corrected chi connectivity index (χ3v) is 4.20. The normalized spacial score (nSPS) is 13.2. The first-order valence-electron chi connectivity index (χ1n) is 6.60. The maximum absolute atomic E-state index is 12.8. The van der Waals surface area contributed by atoms with E-state index in [-0.39, 0.29) is 18.3 Å². The van der Waals surface area contributed by atoms with Crippen LogP contribution in [0.2, 0.25) is 0 Å². The minimum absolute atomic E-state index is 0.0668. The molecule has 6 heteroatoms. The number of ether oxygens (including phenoxy) is 1. The fourth-order valence-electron chi connectivity index (χ4n) is 2.02. The van der Waals surface area contributed by atoms with E-state index in [2.05, 4.69) is 5.32 Å². The van der Waals surface area contributed by atoms with Crippen LogP contribution in [0.3, 0.4) is 0 Å². The van der Waals surface area contributed by atoms with Crippen molar-refractivity contribution < 1.29 is 18.7 Å². The minimum atomic E-state index is -0.489. The van der Waals surface area contributed by atoms with Crippen molar-refractivity contribution >= 4 is 29.3 Å². The predicted molar refractivity (Wildman–Crippen MR) is 81.3 cm³/mol. The van der Waals surface area contributed by atoms with Gasteiger partial charge in [0.1, 0.15) is 12.4 Å². The molecule has 1 N–H and O–H groups in total. The predicted octanol–water partition coefficient (Wildman–Crippen LogP) is 3.23. The third-order valence-electron chi connectivity index (χ3n) is 3.13. The van der Waals surface area contributed by atoms with Gasteiger partial charge in [-0.1, -0.05) is 12.1 Å². The van der Waals surface area contributed by atoms with Crippen LogP contribution in [0, 0.1) is 5.82 Å². The molecule has 0 fully saturated rings. The lowest BCUT2D eigenvalue weighted by Crippen LogP contribution is -2.19. The largest absolute Gasteiger partial charge is 0.457 e. The van der Waals surface area contributed by atoms with Gasteiger partial charge in [-0.3, -0.25) is 4.79 Å². The van der Waals surface area contributed by atoms with Crippen molar-refractivity contribution in [1.82, 2.24) is 0 Å². The lowest BCUT2D eigenvalue weighted by Gasteiger charge is -2.16. The molecule has 0 unspecified atom stereocenters. The number of amides is 1. The van der Waals surface area contributed by atoms with Crippen molar-refractivity contribution in [3.05, 3.63) is 59.4 Å². The van der Waals surface area contributed by atoms with Crippen LogP contribution in [0.4, 0.5) is 10.1 Å². The fraction of sp³-hybridized carbons (Fsp3) is 0.125. The molecule has 0 saturated heterocycles. The van der Waals surface area contributed by atoms with Crippen LogP contribution >= 0.6 is 11.8 Å². The van der Waals surface area contributed by atoms with Crippen molar-refractivity contribution in [2.24, 2.45) is 0 Å². The number of fused-ring (bicyclic) bond motifs is 1. The molecule has 0 aromatic heterocycles. The van der Waals surface area contributed by atoms with Gasteiger partial charge in [0.05, 0.1) is 17.0 Å². The molecule has 3 rings (SSSR count). The summed E-state index contributed by atoms with van der Waals surface area (Å²) in [6.45, 7) is 0.0668. The van der Waals surface area contributed by atoms with E-state index in [0.29, 0.717) is 22.6 Å². The summed E-state index contributed by atoms with van der Waals surface area (Å²) < 4.78 is 18.0. The Balaban J connectivity index is 1.68. The summed E-state index contributed by atoms with van der Waals surface area (Å²) in [7, 11) is 0. The van der Waals surface area contributed by atoms with Crippen LogP contribution in [0.15, 0.2) is 47.4 Å². The van der Waals surface area contributed by atoms with Crippen molar-refractivity contribution in [2.45, 2.75) is 11.5 Å². The number of nitrogens with one attached hydrogen (secondary N) is 1. The van der Waals surface area contributed by atoms with Gasteiger partial charge in [0.25, 0.3) is 0 Å². The molecule has 0 radical (unpaired) electrons. The van der Waals surface area contributed by atoms with Crippen LogP contribution in [0.25, 0.3) is 0 Å². The van der Waals surface area contributed by atoms with E-state index in [1.807, 2.05) is 0 Å². The average molecular weight is 317 g/mol. The fourth-order valence-corrected chi connectivity index (χ4v) is 2.81. The Kier molecular flexibility index (Phi) is 4.11. The number of anilines is 1. The number of carbonyl (C=O) groups excluding carboxylic acids is 2. The number of benzene rings is 2. The second-order valence-electron chi connectivity index (χ2n) is 4.75. The molecule has 112 valence electrons. The Morgan fingerprint density at radius 2 is 2.00 bits per heavy atom. The van der Waals surface area contributed by atoms with Gasteiger partial charge in [0, 0.05) is 4.90 Å². The molecule has 0 aliphatic carbocycles. The Hall–Kier alpha value is -2.34. The lowest BCUT2D eigenvalue weighted by atomic mass is 10.2. The molecule has 2 aromatic carbocycles. The van der Waals surface area contributed by atoms with Crippen molar-refractivity contribution in [2.75, 3.05) is 11.1 Å². The number of halogens is 1. The second kappa shape index (κ2) is 6.19. The standard InChI is InChI=1S/C16H12FNO3S/c17-12-4-1-10(2-5-12)8-21-16(20)11-3-6-14-13(7-11)18-15(19)9-22-14/h1-7H,8-9H2,(H,18,19). The van der Waals surface area contributed by atoms with Gasteiger partial charge in [-0.2, -0.15) is 0 Å². The van der Waals surface area contributed by atoms with E-state index in [0.717, 1.165) is 4.90 Å². The molecular weight excluding hydrogens is 305 g/mol. The van der Waals surface area contributed by atoms with Crippen molar-refractivity contribution in [3.63, 3.8) is 0 Å². The molecule has 0 bridgehead atoms. The van der Waals surface area contributed by atoms with Crippen molar-refractivity contribution in [1.29, 1.82) is 0 Å². The van der Waals surface area contributed by atoms with E-state index in [1.54, 1.807) is 30.3 Å². The molecule has 1 aliphatic rings. The quantitative estimate of drug-likeness (QED) is 0.883. The first-order valence-corrected chi connectivity index (χ1v) is 7.58. The highest BCUT2D eigenvalue weighted by molar-refractivity contribution is 8.00. The van der Waals surface area contributed by atoms with Gasteiger partial charge in [-0.15, -0.1) is 11.8 Å². The van der Waals surface area contributed by atoms with E-state index >= 15 is 0 Å². The zero-order valence-corrected chi connectivity index (χ0v) is 12.3. The molecular formula is C16H12FNO3S. The maximum atomic E-state index is 12.8.